The van der Waals surface area contributed by atoms with Crippen molar-refractivity contribution in [2.24, 2.45) is 5.10 Å². The van der Waals surface area contributed by atoms with Gasteiger partial charge in [-0.3, -0.25) is 15.0 Å². The van der Waals surface area contributed by atoms with Crippen LogP contribution in [0.3, 0.4) is 0 Å². The van der Waals surface area contributed by atoms with Gasteiger partial charge in [-0.1, -0.05) is 38.8 Å². The lowest BCUT2D eigenvalue weighted by Crippen LogP contribution is -2.69. The lowest BCUT2D eigenvalue weighted by atomic mass is 9.85. The second-order valence-corrected chi connectivity index (χ2v) is 8.20. The number of carbonyl (C=O) groups excluding carboxylic acids is 2. The number of piperazine rings is 1. The van der Waals surface area contributed by atoms with Crippen molar-refractivity contribution in [3.8, 4) is 0 Å². The number of amidine groups is 1. The van der Waals surface area contributed by atoms with Crippen LogP contribution in [0.5, 0.6) is 0 Å². The highest BCUT2D eigenvalue weighted by Gasteiger charge is 2.50. The van der Waals surface area contributed by atoms with Crippen LogP contribution in [0.15, 0.2) is 29.4 Å². The van der Waals surface area contributed by atoms with Crippen molar-refractivity contribution in [1.82, 2.24) is 15.2 Å². The second kappa shape index (κ2) is 8.43. The van der Waals surface area contributed by atoms with E-state index < -0.39 is 6.17 Å². The molecule has 7 heteroatoms. The minimum absolute atomic E-state index is 0.0412. The van der Waals surface area contributed by atoms with Crippen LogP contribution in [0.1, 0.15) is 57.9 Å². The fraction of sp³-hybridized carbons (Fsp3) is 0.591. The summed E-state index contributed by atoms with van der Waals surface area (Å²) in [7, 11) is 0. The van der Waals surface area contributed by atoms with Crippen LogP contribution < -0.4 is 10.7 Å². The molecule has 1 saturated carbocycles. The summed E-state index contributed by atoms with van der Waals surface area (Å²) < 4.78 is 0. The van der Waals surface area contributed by atoms with Crippen LogP contribution in [-0.2, 0) is 16.0 Å². The van der Waals surface area contributed by atoms with E-state index >= 15 is 0 Å². The van der Waals surface area contributed by atoms with E-state index in [4.69, 9.17) is 0 Å². The van der Waals surface area contributed by atoms with E-state index in [1.54, 1.807) is 4.90 Å². The van der Waals surface area contributed by atoms with Crippen molar-refractivity contribution in [3.05, 3.63) is 29.8 Å². The first-order valence-corrected chi connectivity index (χ1v) is 10.9. The van der Waals surface area contributed by atoms with Gasteiger partial charge in [-0.25, -0.2) is 0 Å². The molecular formula is C22H31N5O2. The van der Waals surface area contributed by atoms with Gasteiger partial charge in [0, 0.05) is 12.1 Å². The van der Waals surface area contributed by atoms with Crippen LogP contribution >= 0.6 is 0 Å². The van der Waals surface area contributed by atoms with E-state index in [1.807, 2.05) is 24.3 Å². The molecule has 3 aliphatic rings. The number of benzene rings is 1. The van der Waals surface area contributed by atoms with Gasteiger partial charge in [0.2, 0.25) is 5.91 Å². The number of aryl methyl sites for hydroxylation is 1. The molecule has 1 saturated heterocycles. The molecule has 3 atom stereocenters. The molecule has 4 rings (SSSR count). The molecule has 156 valence electrons. The van der Waals surface area contributed by atoms with Crippen molar-refractivity contribution >= 4 is 23.3 Å². The first-order chi connectivity index (χ1) is 14.1. The molecule has 29 heavy (non-hydrogen) atoms. The maximum atomic E-state index is 13.3. The van der Waals surface area contributed by atoms with E-state index in [2.05, 4.69) is 34.6 Å². The summed E-state index contributed by atoms with van der Waals surface area (Å²) in [6.45, 7) is 4.31. The summed E-state index contributed by atoms with van der Waals surface area (Å²) in [6, 6.07) is 8.19. The van der Waals surface area contributed by atoms with Gasteiger partial charge in [-0.05, 0) is 43.4 Å². The highest BCUT2D eigenvalue weighted by atomic mass is 16.2. The molecule has 2 heterocycles. The Morgan fingerprint density at radius 3 is 2.79 bits per heavy atom. The van der Waals surface area contributed by atoms with Gasteiger partial charge in [0.05, 0.1) is 12.1 Å². The summed E-state index contributed by atoms with van der Waals surface area (Å²) >= 11 is 0. The number of nitrogens with zero attached hydrogens (tertiary/aromatic N) is 3. The zero-order chi connectivity index (χ0) is 20.4. The van der Waals surface area contributed by atoms with Gasteiger partial charge >= 0.3 is 0 Å². The number of hydrazone groups is 1. The molecular weight excluding hydrogens is 366 g/mol. The molecule has 2 amide bonds. The topological polar surface area (TPSA) is 77.0 Å². The van der Waals surface area contributed by atoms with Crippen molar-refractivity contribution in [2.45, 2.75) is 77.0 Å². The van der Waals surface area contributed by atoms with Crippen LogP contribution in [-0.4, -0.2) is 52.2 Å². The molecule has 0 bridgehead atoms. The van der Waals surface area contributed by atoms with Crippen molar-refractivity contribution in [1.29, 1.82) is 0 Å². The van der Waals surface area contributed by atoms with Gasteiger partial charge < -0.3 is 15.1 Å². The number of amides is 2. The molecule has 3 unspecified atom stereocenters. The maximum Gasteiger partial charge on any atom is 0.268 e. The van der Waals surface area contributed by atoms with Crippen molar-refractivity contribution < 1.29 is 9.59 Å². The third kappa shape index (κ3) is 3.82. The molecule has 0 spiro atoms. The molecule has 1 aromatic carbocycles. The minimum Gasteiger partial charge on any atom is -0.325 e. The average molecular weight is 398 g/mol. The Morgan fingerprint density at radius 1 is 1.24 bits per heavy atom. The maximum absolute atomic E-state index is 13.3. The summed E-state index contributed by atoms with van der Waals surface area (Å²) in [6.07, 6.45) is 6.55. The van der Waals surface area contributed by atoms with Crippen molar-refractivity contribution in [2.75, 3.05) is 11.9 Å². The monoisotopic (exact) mass is 397 g/mol. The number of rotatable bonds is 6. The Labute approximate surface area is 172 Å². The Hall–Kier alpha value is -2.57. The Balaban J connectivity index is 1.50. The largest absolute Gasteiger partial charge is 0.325 e. The molecule has 0 radical (unpaired) electrons. The van der Waals surface area contributed by atoms with Gasteiger partial charge in [0.1, 0.15) is 12.4 Å². The first kappa shape index (κ1) is 19.7. The summed E-state index contributed by atoms with van der Waals surface area (Å²) in [5.41, 5.74) is 5.00. The van der Waals surface area contributed by atoms with Gasteiger partial charge in [0.25, 0.3) is 5.91 Å². The SMILES string of the molecule is CCCC1=NNC2C(=O)N(CC(=O)Nc3cccc(CC)c3)C3CCCCC3N12. The predicted molar refractivity (Wildman–Crippen MR) is 113 cm³/mol. The molecule has 2 fully saturated rings. The normalized spacial score (nSPS) is 25.8. The molecule has 7 nitrogen and oxygen atoms in total. The van der Waals surface area contributed by atoms with Crippen molar-refractivity contribution in [3.63, 3.8) is 0 Å². The Morgan fingerprint density at radius 2 is 2.03 bits per heavy atom. The molecule has 1 aromatic rings. The summed E-state index contributed by atoms with van der Waals surface area (Å²) in [4.78, 5) is 30.1. The van der Waals surface area contributed by atoms with E-state index in [1.165, 1.54) is 5.56 Å². The molecule has 2 aliphatic heterocycles. The Kier molecular flexibility index (Phi) is 5.74. The third-order valence-electron chi connectivity index (χ3n) is 6.27. The zero-order valence-corrected chi connectivity index (χ0v) is 17.4. The van der Waals surface area contributed by atoms with Crippen LogP contribution in [0, 0.1) is 0 Å². The highest BCUT2D eigenvalue weighted by Crippen LogP contribution is 2.35. The zero-order valence-electron chi connectivity index (χ0n) is 17.4. The lowest BCUT2D eigenvalue weighted by Gasteiger charge is -2.51. The Bertz CT molecular complexity index is 808. The van der Waals surface area contributed by atoms with Crippen LogP contribution in [0.2, 0.25) is 0 Å². The second-order valence-electron chi connectivity index (χ2n) is 8.20. The fourth-order valence-electron chi connectivity index (χ4n) is 4.89. The quantitative estimate of drug-likeness (QED) is 0.774. The number of hydrogen-bond acceptors (Lipinski definition) is 5. The van der Waals surface area contributed by atoms with Crippen LogP contribution in [0.4, 0.5) is 5.69 Å². The number of hydrogen-bond donors (Lipinski definition) is 2. The van der Waals surface area contributed by atoms with Crippen LogP contribution in [0.25, 0.3) is 0 Å². The van der Waals surface area contributed by atoms with E-state index in [0.717, 1.165) is 56.5 Å². The molecule has 0 aromatic heterocycles. The summed E-state index contributed by atoms with van der Waals surface area (Å²) in [5, 5.41) is 7.43. The van der Waals surface area contributed by atoms with E-state index in [-0.39, 0.29) is 30.4 Å². The number of anilines is 1. The lowest BCUT2D eigenvalue weighted by molar-refractivity contribution is -0.151. The fourth-order valence-corrected chi connectivity index (χ4v) is 4.89. The predicted octanol–water partition coefficient (Wildman–Crippen LogP) is 2.69. The average Bonchev–Trinajstić information content (AvgIpc) is 3.15. The standard InChI is InChI=1S/C22H31N5O2/c1-3-8-19-24-25-21-22(29)26(17-11-5-6-12-18(17)27(19)21)14-20(28)23-16-10-7-9-15(4-2)13-16/h7,9-10,13,17-18,21,25H,3-6,8,11-12,14H2,1-2H3,(H,23,28). The highest BCUT2D eigenvalue weighted by molar-refractivity contribution is 5.98. The number of fused-ring (bicyclic) bond motifs is 3. The molecule has 1 aliphatic carbocycles. The number of nitrogens with one attached hydrogen (secondary N) is 2. The summed E-state index contributed by atoms with van der Waals surface area (Å²) in [5.74, 6) is 0.806. The van der Waals surface area contributed by atoms with Gasteiger partial charge in [-0.2, -0.15) is 5.10 Å². The van der Waals surface area contributed by atoms with Gasteiger partial charge in [0.15, 0.2) is 6.17 Å². The molecule has 2 N–H and O–H groups in total. The smallest absolute Gasteiger partial charge is 0.268 e. The first-order valence-electron chi connectivity index (χ1n) is 10.9. The van der Waals surface area contributed by atoms with E-state index in [9.17, 15) is 9.59 Å². The minimum atomic E-state index is -0.466. The number of carbonyl (C=O) groups is 2. The van der Waals surface area contributed by atoms with E-state index in [0.29, 0.717) is 0 Å². The van der Waals surface area contributed by atoms with Gasteiger partial charge in [-0.15, -0.1) is 0 Å². The third-order valence-corrected chi connectivity index (χ3v) is 6.27.